The first kappa shape index (κ1) is 12.4. The molecule has 0 radical (unpaired) electrons. The third kappa shape index (κ3) is 2.14. The van der Waals surface area contributed by atoms with Gasteiger partial charge in [0.2, 0.25) is 0 Å². The van der Waals surface area contributed by atoms with Crippen LogP contribution in [0.1, 0.15) is 26.3 Å². The first-order chi connectivity index (χ1) is 8.43. The number of aromatic nitrogens is 1. The smallest absolute Gasteiger partial charge is 0.157 e. The summed E-state index contributed by atoms with van der Waals surface area (Å²) in [6, 6.07) is 9.63. The van der Waals surface area contributed by atoms with E-state index < -0.39 is 0 Å². The van der Waals surface area contributed by atoms with Crippen LogP contribution in [0.15, 0.2) is 30.5 Å². The second kappa shape index (κ2) is 4.30. The zero-order chi connectivity index (χ0) is 13.3. The van der Waals surface area contributed by atoms with Gasteiger partial charge >= 0.3 is 0 Å². The van der Waals surface area contributed by atoms with Crippen molar-refractivity contribution in [3.8, 4) is 6.07 Å². The van der Waals surface area contributed by atoms with E-state index >= 15 is 0 Å². The maximum atomic E-state index is 12.0. The number of ketones is 1. The number of carbonyl (C=O) groups is 1. The molecule has 92 valence electrons. The minimum absolute atomic E-state index is 0.183. The first-order valence-electron chi connectivity index (χ1n) is 5.95. The van der Waals surface area contributed by atoms with E-state index in [1.54, 1.807) is 6.07 Å². The van der Waals surface area contributed by atoms with Crippen LogP contribution in [0, 0.1) is 16.7 Å². The molecule has 2 aromatic rings. The Bertz CT molecular complexity index is 639. The summed E-state index contributed by atoms with van der Waals surface area (Å²) < 4.78 is 1.91. The number of fused-ring (bicyclic) bond motifs is 1. The van der Waals surface area contributed by atoms with Gasteiger partial charge in [0.05, 0.1) is 18.2 Å². The van der Waals surface area contributed by atoms with E-state index in [-0.39, 0.29) is 11.2 Å². The van der Waals surface area contributed by atoms with Gasteiger partial charge in [-0.25, -0.2) is 0 Å². The maximum Gasteiger partial charge on any atom is 0.157 e. The average molecular weight is 240 g/mol. The fraction of sp³-hybridized carbons (Fsp3) is 0.333. The van der Waals surface area contributed by atoms with Gasteiger partial charge in [-0.3, -0.25) is 4.79 Å². The highest BCUT2D eigenvalue weighted by Gasteiger charge is 2.21. The topological polar surface area (TPSA) is 45.8 Å². The van der Waals surface area contributed by atoms with Crippen LogP contribution in [0.25, 0.3) is 10.9 Å². The number of hydrogen-bond acceptors (Lipinski definition) is 2. The summed E-state index contributed by atoms with van der Waals surface area (Å²) in [6.45, 7) is 6.10. The second-order valence-electron chi connectivity index (χ2n) is 5.47. The Balaban J connectivity index is 2.43. The lowest BCUT2D eigenvalue weighted by atomic mass is 9.91. The number of rotatable bonds is 2. The summed E-state index contributed by atoms with van der Waals surface area (Å²) in [7, 11) is 0. The van der Waals surface area contributed by atoms with Gasteiger partial charge in [-0.05, 0) is 18.2 Å². The summed E-state index contributed by atoms with van der Waals surface area (Å²) in [5, 5.41) is 9.93. The van der Waals surface area contributed by atoms with E-state index in [0.717, 1.165) is 10.9 Å². The lowest BCUT2D eigenvalue weighted by Crippen LogP contribution is -2.24. The lowest BCUT2D eigenvalue weighted by Gasteiger charge is -2.17. The van der Waals surface area contributed by atoms with Crippen LogP contribution in [-0.4, -0.2) is 10.4 Å². The Morgan fingerprint density at radius 3 is 2.67 bits per heavy atom. The van der Waals surface area contributed by atoms with Gasteiger partial charge in [-0.1, -0.05) is 26.8 Å². The second-order valence-corrected chi connectivity index (χ2v) is 5.47. The molecule has 3 heteroatoms. The van der Waals surface area contributed by atoms with Gasteiger partial charge in [0.25, 0.3) is 0 Å². The molecule has 0 atom stereocenters. The van der Waals surface area contributed by atoms with Crippen LogP contribution < -0.4 is 0 Å². The van der Waals surface area contributed by atoms with Crippen LogP contribution in [0.5, 0.6) is 0 Å². The maximum absolute atomic E-state index is 12.0. The highest BCUT2D eigenvalue weighted by molar-refractivity contribution is 5.89. The molecule has 0 bridgehead atoms. The van der Waals surface area contributed by atoms with Crippen LogP contribution in [0.3, 0.4) is 0 Å². The van der Waals surface area contributed by atoms with E-state index in [0.29, 0.717) is 12.1 Å². The Hall–Kier alpha value is -2.08. The van der Waals surface area contributed by atoms with Crippen molar-refractivity contribution >= 4 is 16.7 Å². The average Bonchev–Trinajstić information content (AvgIpc) is 2.71. The van der Waals surface area contributed by atoms with Gasteiger partial charge in [0.1, 0.15) is 0 Å². The van der Waals surface area contributed by atoms with Crippen LogP contribution in [0.2, 0.25) is 0 Å². The summed E-state index contributed by atoms with van der Waals surface area (Å²) in [5.41, 5.74) is 1.24. The number of hydrogen-bond donors (Lipinski definition) is 0. The predicted octanol–water partition coefficient (Wildman–Crippen LogP) is 3.13. The molecule has 0 N–H and O–H groups in total. The van der Waals surface area contributed by atoms with Crippen molar-refractivity contribution in [3.63, 3.8) is 0 Å². The van der Waals surface area contributed by atoms with Crippen molar-refractivity contribution < 1.29 is 4.79 Å². The first-order valence-corrected chi connectivity index (χ1v) is 5.95. The monoisotopic (exact) mass is 240 g/mol. The molecule has 3 nitrogen and oxygen atoms in total. The fourth-order valence-electron chi connectivity index (χ4n) is 1.85. The number of carbonyl (C=O) groups excluding carboxylic acids is 1. The molecule has 0 saturated carbocycles. The van der Waals surface area contributed by atoms with Crippen LogP contribution in [0.4, 0.5) is 0 Å². The number of benzene rings is 1. The van der Waals surface area contributed by atoms with Gasteiger partial charge in [-0.15, -0.1) is 0 Å². The van der Waals surface area contributed by atoms with Crippen molar-refractivity contribution in [2.45, 2.75) is 27.3 Å². The number of nitriles is 1. The van der Waals surface area contributed by atoms with E-state index in [4.69, 9.17) is 5.26 Å². The molecule has 0 aliphatic heterocycles. The molecule has 0 spiro atoms. The predicted molar refractivity (Wildman–Crippen MR) is 71.1 cm³/mol. The van der Waals surface area contributed by atoms with Crippen molar-refractivity contribution in [1.29, 1.82) is 5.26 Å². The Morgan fingerprint density at radius 2 is 2.06 bits per heavy atom. The highest BCUT2D eigenvalue weighted by Crippen LogP contribution is 2.22. The number of nitrogens with zero attached hydrogens (tertiary/aromatic N) is 2. The van der Waals surface area contributed by atoms with Gasteiger partial charge in [-0.2, -0.15) is 5.26 Å². The van der Waals surface area contributed by atoms with Crippen LogP contribution in [-0.2, 0) is 11.3 Å². The van der Waals surface area contributed by atoms with Crippen LogP contribution >= 0.6 is 0 Å². The minimum atomic E-state index is -0.344. The Morgan fingerprint density at radius 1 is 1.33 bits per heavy atom. The normalized spacial score (nSPS) is 11.4. The largest absolute Gasteiger partial charge is 0.340 e. The molecule has 1 heterocycles. The molecular weight excluding hydrogens is 224 g/mol. The summed E-state index contributed by atoms with van der Waals surface area (Å²) in [5.74, 6) is 0.183. The standard InChI is InChI=1S/C15H16N2O/c1-15(2,3)14(18)10-17-8-7-12-11(9-16)5-4-6-13(12)17/h4-8H,10H2,1-3H3. The van der Waals surface area contributed by atoms with E-state index in [2.05, 4.69) is 6.07 Å². The molecule has 0 saturated heterocycles. The van der Waals surface area contributed by atoms with Crippen molar-refractivity contribution in [3.05, 3.63) is 36.0 Å². The summed E-state index contributed by atoms with van der Waals surface area (Å²) >= 11 is 0. The fourth-order valence-corrected chi connectivity index (χ4v) is 1.85. The third-order valence-corrected chi connectivity index (χ3v) is 3.08. The molecule has 1 aromatic carbocycles. The van der Waals surface area contributed by atoms with E-state index in [1.165, 1.54) is 0 Å². The molecule has 0 unspecified atom stereocenters. The van der Waals surface area contributed by atoms with Gasteiger partial charge in [0.15, 0.2) is 5.78 Å². The summed E-state index contributed by atoms with van der Waals surface area (Å²) in [4.78, 5) is 12.0. The minimum Gasteiger partial charge on any atom is -0.340 e. The quantitative estimate of drug-likeness (QED) is 0.809. The molecule has 0 aliphatic carbocycles. The van der Waals surface area contributed by atoms with E-state index in [1.807, 2.05) is 49.7 Å². The molecular formula is C15H16N2O. The highest BCUT2D eigenvalue weighted by atomic mass is 16.1. The van der Waals surface area contributed by atoms with Crippen molar-refractivity contribution in [1.82, 2.24) is 4.57 Å². The van der Waals surface area contributed by atoms with Gasteiger partial charge < -0.3 is 4.57 Å². The zero-order valence-electron chi connectivity index (χ0n) is 10.9. The molecule has 0 amide bonds. The third-order valence-electron chi connectivity index (χ3n) is 3.08. The molecule has 1 aromatic heterocycles. The lowest BCUT2D eigenvalue weighted by molar-refractivity contribution is -0.126. The zero-order valence-corrected chi connectivity index (χ0v) is 10.9. The van der Waals surface area contributed by atoms with Crippen molar-refractivity contribution in [2.24, 2.45) is 5.41 Å². The SMILES string of the molecule is CC(C)(C)C(=O)Cn1ccc2c(C#N)cccc21. The van der Waals surface area contributed by atoms with Crippen molar-refractivity contribution in [2.75, 3.05) is 0 Å². The molecule has 0 aliphatic rings. The molecule has 0 fully saturated rings. The Labute approximate surface area is 107 Å². The molecule has 18 heavy (non-hydrogen) atoms. The Kier molecular flexibility index (Phi) is 2.96. The number of Topliss-reactive ketones (excluding diaryl/α,β-unsaturated/α-hetero) is 1. The molecule has 2 rings (SSSR count). The van der Waals surface area contributed by atoms with E-state index in [9.17, 15) is 4.79 Å². The summed E-state index contributed by atoms with van der Waals surface area (Å²) in [6.07, 6.45) is 1.87. The van der Waals surface area contributed by atoms with Gasteiger partial charge in [0, 0.05) is 22.5 Å².